The van der Waals surface area contributed by atoms with Crippen LogP contribution in [0.4, 0.5) is 5.82 Å². The second kappa shape index (κ2) is 3.79. The average Bonchev–Trinajstić information content (AvgIpc) is 2.18. The third kappa shape index (κ3) is 1.82. The van der Waals surface area contributed by atoms with Crippen LogP contribution in [0.1, 0.15) is 24.0 Å². The van der Waals surface area contributed by atoms with E-state index in [0.29, 0.717) is 25.5 Å². The Labute approximate surface area is 89.1 Å². The molecular formula is C11H16N2O2. The van der Waals surface area contributed by atoms with E-state index in [9.17, 15) is 5.11 Å². The SMILES string of the molecule is Cc1ccnc(N)c1C1(O)CCCOC1. The molecule has 0 spiro atoms. The molecule has 0 saturated carbocycles. The van der Waals surface area contributed by atoms with Crippen molar-refractivity contribution in [1.29, 1.82) is 0 Å². The van der Waals surface area contributed by atoms with Crippen molar-refractivity contribution < 1.29 is 9.84 Å². The van der Waals surface area contributed by atoms with Crippen molar-refractivity contribution in [3.05, 3.63) is 23.4 Å². The summed E-state index contributed by atoms with van der Waals surface area (Å²) in [6, 6.07) is 1.86. The molecule has 4 heteroatoms. The van der Waals surface area contributed by atoms with Crippen LogP contribution in [0.15, 0.2) is 12.3 Å². The quantitative estimate of drug-likeness (QED) is 0.721. The molecule has 2 heterocycles. The first-order valence-corrected chi connectivity index (χ1v) is 5.15. The lowest BCUT2D eigenvalue weighted by Crippen LogP contribution is -2.37. The number of aliphatic hydroxyl groups is 1. The van der Waals surface area contributed by atoms with Gasteiger partial charge in [-0.25, -0.2) is 4.98 Å². The van der Waals surface area contributed by atoms with Gasteiger partial charge in [0.2, 0.25) is 0 Å². The van der Waals surface area contributed by atoms with E-state index in [1.54, 1.807) is 6.20 Å². The minimum Gasteiger partial charge on any atom is -0.383 e. The molecule has 0 aromatic carbocycles. The summed E-state index contributed by atoms with van der Waals surface area (Å²) in [6.07, 6.45) is 3.19. The van der Waals surface area contributed by atoms with Crippen LogP contribution in [0.5, 0.6) is 0 Å². The number of nitrogens with two attached hydrogens (primary N) is 1. The highest BCUT2D eigenvalue weighted by molar-refractivity contribution is 5.48. The number of aromatic nitrogens is 1. The molecule has 4 nitrogen and oxygen atoms in total. The Hall–Kier alpha value is -1.13. The zero-order valence-electron chi connectivity index (χ0n) is 8.86. The Balaban J connectivity index is 2.42. The van der Waals surface area contributed by atoms with Crippen molar-refractivity contribution in [2.45, 2.75) is 25.4 Å². The fourth-order valence-corrected chi connectivity index (χ4v) is 2.16. The topological polar surface area (TPSA) is 68.4 Å². The second-order valence-electron chi connectivity index (χ2n) is 4.08. The molecule has 1 aromatic heterocycles. The fourth-order valence-electron chi connectivity index (χ4n) is 2.16. The summed E-state index contributed by atoms with van der Waals surface area (Å²) in [5.41, 5.74) is 6.55. The number of pyridine rings is 1. The molecule has 0 aliphatic carbocycles. The van der Waals surface area contributed by atoms with Gasteiger partial charge in [-0.2, -0.15) is 0 Å². The molecule has 1 aliphatic heterocycles. The van der Waals surface area contributed by atoms with Gasteiger partial charge in [0, 0.05) is 18.4 Å². The van der Waals surface area contributed by atoms with E-state index in [4.69, 9.17) is 10.5 Å². The lowest BCUT2D eigenvalue weighted by molar-refractivity contribution is -0.0902. The highest BCUT2D eigenvalue weighted by Crippen LogP contribution is 2.34. The van der Waals surface area contributed by atoms with Crippen LogP contribution >= 0.6 is 0 Å². The van der Waals surface area contributed by atoms with Crippen molar-refractivity contribution in [1.82, 2.24) is 4.98 Å². The summed E-state index contributed by atoms with van der Waals surface area (Å²) in [7, 11) is 0. The maximum absolute atomic E-state index is 10.5. The number of ether oxygens (including phenoxy) is 1. The minimum atomic E-state index is -0.958. The number of rotatable bonds is 1. The van der Waals surface area contributed by atoms with Crippen LogP contribution in [-0.2, 0) is 10.3 Å². The van der Waals surface area contributed by atoms with Gasteiger partial charge in [-0.1, -0.05) is 0 Å². The van der Waals surface area contributed by atoms with Gasteiger partial charge in [0.15, 0.2) is 0 Å². The molecule has 1 unspecified atom stereocenters. The molecule has 0 bridgehead atoms. The van der Waals surface area contributed by atoms with E-state index < -0.39 is 5.60 Å². The van der Waals surface area contributed by atoms with Gasteiger partial charge in [0.1, 0.15) is 11.4 Å². The summed E-state index contributed by atoms with van der Waals surface area (Å²) in [6.45, 7) is 2.95. The summed E-state index contributed by atoms with van der Waals surface area (Å²) in [5, 5.41) is 10.5. The number of hydrogen-bond acceptors (Lipinski definition) is 4. The maximum atomic E-state index is 10.5. The first-order chi connectivity index (χ1) is 7.13. The number of anilines is 1. The molecule has 82 valence electrons. The maximum Gasteiger partial charge on any atom is 0.129 e. The molecule has 0 radical (unpaired) electrons. The van der Waals surface area contributed by atoms with Crippen molar-refractivity contribution in [3.8, 4) is 0 Å². The van der Waals surface area contributed by atoms with Crippen LogP contribution in [0.2, 0.25) is 0 Å². The molecule has 1 aromatic rings. The summed E-state index contributed by atoms with van der Waals surface area (Å²) < 4.78 is 5.32. The average molecular weight is 208 g/mol. The van der Waals surface area contributed by atoms with Gasteiger partial charge in [-0.15, -0.1) is 0 Å². The Kier molecular flexibility index (Phi) is 2.63. The van der Waals surface area contributed by atoms with E-state index in [-0.39, 0.29) is 0 Å². The van der Waals surface area contributed by atoms with Gasteiger partial charge in [0.05, 0.1) is 6.61 Å². The van der Waals surface area contributed by atoms with E-state index in [1.807, 2.05) is 13.0 Å². The highest BCUT2D eigenvalue weighted by atomic mass is 16.5. The number of aryl methyl sites for hydroxylation is 1. The molecule has 2 rings (SSSR count). The summed E-state index contributed by atoms with van der Waals surface area (Å²) in [5.74, 6) is 0.406. The standard InChI is InChI=1S/C11H16N2O2/c1-8-3-5-13-10(12)9(8)11(14)4-2-6-15-7-11/h3,5,14H,2,4,6-7H2,1H3,(H2,12,13). The third-order valence-corrected chi connectivity index (χ3v) is 2.87. The number of nitrogen functional groups attached to an aromatic ring is 1. The summed E-state index contributed by atoms with van der Waals surface area (Å²) in [4.78, 5) is 4.02. The van der Waals surface area contributed by atoms with Crippen LogP contribution < -0.4 is 5.73 Å². The molecule has 1 saturated heterocycles. The van der Waals surface area contributed by atoms with Gasteiger partial charge in [0.25, 0.3) is 0 Å². The van der Waals surface area contributed by atoms with Crippen molar-refractivity contribution >= 4 is 5.82 Å². The second-order valence-corrected chi connectivity index (χ2v) is 4.08. The predicted molar refractivity (Wildman–Crippen MR) is 57.3 cm³/mol. The van der Waals surface area contributed by atoms with E-state index in [1.165, 1.54) is 0 Å². The van der Waals surface area contributed by atoms with Gasteiger partial charge >= 0.3 is 0 Å². The Morgan fingerprint density at radius 3 is 3.00 bits per heavy atom. The van der Waals surface area contributed by atoms with Crippen molar-refractivity contribution in [3.63, 3.8) is 0 Å². The zero-order chi connectivity index (χ0) is 10.9. The van der Waals surface area contributed by atoms with Crippen molar-refractivity contribution in [2.75, 3.05) is 18.9 Å². The van der Waals surface area contributed by atoms with Crippen molar-refractivity contribution in [2.24, 2.45) is 0 Å². The van der Waals surface area contributed by atoms with Gasteiger partial charge < -0.3 is 15.6 Å². The monoisotopic (exact) mass is 208 g/mol. The van der Waals surface area contributed by atoms with Crippen LogP contribution in [0.3, 0.4) is 0 Å². The van der Waals surface area contributed by atoms with E-state index in [2.05, 4.69) is 4.98 Å². The van der Waals surface area contributed by atoms with E-state index in [0.717, 1.165) is 17.5 Å². The number of hydrogen-bond donors (Lipinski definition) is 2. The van der Waals surface area contributed by atoms with Crippen LogP contribution in [-0.4, -0.2) is 23.3 Å². The molecular weight excluding hydrogens is 192 g/mol. The largest absolute Gasteiger partial charge is 0.383 e. The lowest BCUT2D eigenvalue weighted by atomic mass is 9.86. The highest BCUT2D eigenvalue weighted by Gasteiger charge is 2.35. The minimum absolute atomic E-state index is 0.309. The molecule has 15 heavy (non-hydrogen) atoms. The number of nitrogens with zero attached hydrogens (tertiary/aromatic N) is 1. The Morgan fingerprint density at radius 2 is 2.40 bits per heavy atom. The van der Waals surface area contributed by atoms with E-state index >= 15 is 0 Å². The molecule has 1 atom stereocenters. The first kappa shape index (κ1) is 10.4. The Bertz CT molecular complexity index is 339. The lowest BCUT2D eigenvalue weighted by Gasteiger charge is -2.33. The summed E-state index contributed by atoms with van der Waals surface area (Å²) >= 11 is 0. The fraction of sp³-hybridized carbons (Fsp3) is 0.545. The molecule has 1 fully saturated rings. The predicted octanol–water partition coefficient (Wildman–Crippen LogP) is 0.970. The Morgan fingerprint density at radius 1 is 1.60 bits per heavy atom. The van der Waals surface area contributed by atoms with Crippen LogP contribution in [0.25, 0.3) is 0 Å². The normalized spacial score (nSPS) is 26.5. The van der Waals surface area contributed by atoms with Gasteiger partial charge in [-0.3, -0.25) is 0 Å². The van der Waals surface area contributed by atoms with Gasteiger partial charge in [-0.05, 0) is 31.4 Å². The molecule has 3 N–H and O–H groups in total. The first-order valence-electron chi connectivity index (χ1n) is 5.15. The van der Waals surface area contributed by atoms with Crippen LogP contribution in [0, 0.1) is 6.92 Å². The smallest absolute Gasteiger partial charge is 0.129 e. The molecule has 1 aliphatic rings. The molecule has 0 amide bonds. The zero-order valence-corrected chi connectivity index (χ0v) is 8.86. The third-order valence-electron chi connectivity index (χ3n) is 2.87.